The third-order valence-corrected chi connectivity index (χ3v) is 7.30. The number of benzene rings is 1. The highest BCUT2D eigenvalue weighted by Gasteiger charge is 2.28. The van der Waals surface area contributed by atoms with Crippen LogP contribution in [0.3, 0.4) is 0 Å². The molecule has 0 aromatic heterocycles. The van der Waals surface area contributed by atoms with E-state index >= 15 is 0 Å². The molecule has 182 valence electrons. The van der Waals surface area contributed by atoms with E-state index in [2.05, 4.69) is 20.9 Å². The first-order chi connectivity index (χ1) is 16.1. The topological polar surface area (TPSA) is 106 Å². The number of para-hydroxylation sites is 1. The number of nitrogens with zero attached hydrogens (tertiary/aromatic N) is 3. The second-order valence-electron chi connectivity index (χ2n) is 9.40. The molecule has 3 saturated heterocycles. The third-order valence-electron chi connectivity index (χ3n) is 7.30. The molecule has 1 aromatic carbocycles. The van der Waals surface area contributed by atoms with Crippen molar-refractivity contribution in [3.05, 3.63) is 29.8 Å². The Labute approximate surface area is 197 Å². The summed E-state index contributed by atoms with van der Waals surface area (Å²) in [7, 11) is 0. The van der Waals surface area contributed by atoms with Gasteiger partial charge in [-0.25, -0.2) is 4.79 Å². The quantitative estimate of drug-likeness (QED) is 0.462. The lowest BCUT2D eigenvalue weighted by Crippen LogP contribution is -2.56. The first-order valence-electron chi connectivity index (χ1n) is 12.4. The van der Waals surface area contributed by atoms with Gasteiger partial charge >= 0.3 is 6.03 Å². The molecule has 3 aliphatic rings. The van der Waals surface area contributed by atoms with E-state index < -0.39 is 0 Å². The first kappa shape index (κ1) is 23.8. The van der Waals surface area contributed by atoms with Gasteiger partial charge in [0.05, 0.1) is 6.54 Å². The number of hydrogen-bond acceptors (Lipinski definition) is 6. The number of rotatable bonds is 6. The number of hydrogen-bond donors (Lipinski definition) is 4. The molecule has 0 unspecified atom stereocenters. The lowest BCUT2D eigenvalue weighted by atomic mass is 10.0. The fourth-order valence-electron chi connectivity index (χ4n) is 5.12. The molecule has 9 nitrogen and oxygen atoms in total. The Bertz CT molecular complexity index is 783. The molecule has 3 aliphatic heterocycles. The van der Waals surface area contributed by atoms with Crippen molar-refractivity contribution in [3.8, 4) is 0 Å². The molecule has 4 rings (SSSR count). The van der Waals surface area contributed by atoms with Gasteiger partial charge in [0.15, 0.2) is 0 Å². The normalized spacial score (nSPS) is 21.2. The molecule has 0 bridgehead atoms. The largest absolute Gasteiger partial charge is 0.398 e. The molecule has 3 fully saturated rings. The van der Waals surface area contributed by atoms with Crippen LogP contribution in [0.25, 0.3) is 0 Å². The number of amides is 3. The lowest BCUT2D eigenvalue weighted by molar-refractivity contribution is -0.132. The Balaban J connectivity index is 1.11. The van der Waals surface area contributed by atoms with Crippen LogP contribution in [0.4, 0.5) is 10.5 Å². The maximum absolute atomic E-state index is 12.6. The van der Waals surface area contributed by atoms with Crippen LogP contribution in [0.15, 0.2) is 24.3 Å². The zero-order valence-electron chi connectivity index (χ0n) is 19.6. The number of piperazine rings is 1. The van der Waals surface area contributed by atoms with Crippen molar-refractivity contribution in [3.63, 3.8) is 0 Å². The van der Waals surface area contributed by atoms with Gasteiger partial charge in [-0.15, -0.1) is 0 Å². The van der Waals surface area contributed by atoms with Crippen LogP contribution in [-0.4, -0.2) is 97.6 Å². The molecule has 9 heteroatoms. The monoisotopic (exact) mass is 457 g/mol. The Kier molecular flexibility index (Phi) is 8.41. The average Bonchev–Trinajstić information content (AvgIpc) is 2.87. The van der Waals surface area contributed by atoms with Crippen LogP contribution in [0.1, 0.15) is 31.2 Å². The van der Waals surface area contributed by atoms with Crippen LogP contribution >= 0.6 is 0 Å². The molecule has 0 spiro atoms. The minimum atomic E-state index is -0.137. The maximum Gasteiger partial charge on any atom is 0.317 e. The van der Waals surface area contributed by atoms with Gasteiger partial charge in [0, 0.05) is 63.6 Å². The summed E-state index contributed by atoms with van der Waals surface area (Å²) in [5.41, 5.74) is 7.92. The minimum Gasteiger partial charge on any atom is -0.398 e. The van der Waals surface area contributed by atoms with Crippen molar-refractivity contribution in [2.45, 2.75) is 44.3 Å². The standard InChI is InChI=1S/C24H39N7O2/c25-22-4-2-1-3-19(22)17-27-20-7-11-31(12-8-20)24(33)28-18-23(32)30-15-13-29(14-16-30)21-5-9-26-10-6-21/h1-4,20-21,26-27H,5-18,25H2,(H,28,33). The molecule has 3 amide bonds. The number of nitrogens with one attached hydrogen (secondary N) is 3. The molecule has 0 aliphatic carbocycles. The van der Waals surface area contributed by atoms with Crippen molar-refractivity contribution in [2.75, 3.05) is 64.6 Å². The van der Waals surface area contributed by atoms with Crippen molar-refractivity contribution >= 4 is 17.6 Å². The molecule has 3 heterocycles. The summed E-state index contributed by atoms with van der Waals surface area (Å²) in [6, 6.07) is 8.76. The fourth-order valence-corrected chi connectivity index (χ4v) is 5.12. The number of urea groups is 1. The maximum atomic E-state index is 12.6. The number of carbonyl (C=O) groups is 2. The first-order valence-corrected chi connectivity index (χ1v) is 12.4. The molecule has 33 heavy (non-hydrogen) atoms. The highest BCUT2D eigenvalue weighted by atomic mass is 16.2. The zero-order valence-corrected chi connectivity index (χ0v) is 19.6. The Morgan fingerprint density at radius 1 is 0.939 bits per heavy atom. The van der Waals surface area contributed by atoms with Crippen LogP contribution in [0.2, 0.25) is 0 Å². The zero-order chi connectivity index (χ0) is 23.0. The number of nitrogen functional groups attached to an aromatic ring is 1. The highest BCUT2D eigenvalue weighted by Crippen LogP contribution is 2.16. The number of likely N-dealkylation sites (tertiary alicyclic amines) is 1. The lowest BCUT2D eigenvalue weighted by Gasteiger charge is -2.41. The van der Waals surface area contributed by atoms with E-state index in [0.29, 0.717) is 25.2 Å². The van der Waals surface area contributed by atoms with Gasteiger partial charge in [0.1, 0.15) is 0 Å². The van der Waals surface area contributed by atoms with E-state index in [4.69, 9.17) is 5.73 Å². The predicted molar refractivity (Wildman–Crippen MR) is 130 cm³/mol. The van der Waals surface area contributed by atoms with Crippen molar-refractivity contribution in [1.82, 2.24) is 30.7 Å². The van der Waals surface area contributed by atoms with Crippen LogP contribution in [0, 0.1) is 0 Å². The number of piperidine rings is 2. The predicted octanol–water partition coefficient (Wildman–Crippen LogP) is 0.429. The van der Waals surface area contributed by atoms with Crippen LogP contribution in [-0.2, 0) is 11.3 Å². The van der Waals surface area contributed by atoms with Crippen molar-refractivity contribution in [2.24, 2.45) is 0 Å². The van der Waals surface area contributed by atoms with E-state index in [1.165, 1.54) is 12.8 Å². The minimum absolute atomic E-state index is 0.0188. The van der Waals surface area contributed by atoms with E-state index in [1.54, 1.807) is 0 Å². The van der Waals surface area contributed by atoms with Crippen LogP contribution < -0.4 is 21.7 Å². The van der Waals surface area contributed by atoms with Crippen molar-refractivity contribution in [1.29, 1.82) is 0 Å². The van der Waals surface area contributed by atoms with E-state index in [-0.39, 0.29) is 18.5 Å². The number of nitrogens with two attached hydrogens (primary N) is 1. The van der Waals surface area contributed by atoms with Gasteiger partial charge in [-0.2, -0.15) is 0 Å². The summed E-state index contributed by atoms with van der Waals surface area (Å²) >= 11 is 0. The van der Waals surface area contributed by atoms with E-state index in [1.807, 2.05) is 34.1 Å². The second kappa shape index (κ2) is 11.7. The van der Waals surface area contributed by atoms with Gasteiger partial charge in [-0.1, -0.05) is 18.2 Å². The molecule has 0 saturated carbocycles. The summed E-state index contributed by atoms with van der Waals surface area (Å²) in [4.78, 5) is 31.4. The van der Waals surface area contributed by atoms with Crippen molar-refractivity contribution < 1.29 is 9.59 Å². The average molecular weight is 458 g/mol. The van der Waals surface area contributed by atoms with Crippen LogP contribution in [0.5, 0.6) is 0 Å². The van der Waals surface area contributed by atoms with Gasteiger partial charge in [-0.05, 0) is 50.4 Å². The second-order valence-corrected chi connectivity index (χ2v) is 9.40. The SMILES string of the molecule is Nc1ccccc1CNC1CCN(C(=O)NCC(=O)N2CCN(C3CCNCC3)CC2)CC1. The summed E-state index contributed by atoms with van der Waals surface area (Å²) < 4.78 is 0. The molecular formula is C24H39N7O2. The van der Waals surface area contributed by atoms with Gasteiger partial charge < -0.3 is 31.5 Å². The van der Waals surface area contributed by atoms with Gasteiger partial charge in [0.2, 0.25) is 5.91 Å². The summed E-state index contributed by atoms with van der Waals surface area (Å²) in [5.74, 6) is 0.0188. The van der Waals surface area contributed by atoms with E-state index in [9.17, 15) is 9.59 Å². The molecule has 0 atom stereocenters. The Morgan fingerprint density at radius 3 is 2.33 bits per heavy atom. The Morgan fingerprint density at radius 2 is 1.64 bits per heavy atom. The van der Waals surface area contributed by atoms with Gasteiger partial charge in [-0.3, -0.25) is 9.69 Å². The van der Waals surface area contributed by atoms with E-state index in [0.717, 1.165) is 69.9 Å². The summed E-state index contributed by atoms with van der Waals surface area (Å²) in [6.07, 6.45) is 4.17. The van der Waals surface area contributed by atoms with Gasteiger partial charge in [0.25, 0.3) is 0 Å². The fraction of sp³-hybridized carbons (Fsp3) is 0.667. The molecular weight excluding hydrogens is 418 g/mol. The summed E-state index contributed by atoms with van der Waals surface area (Å²) in [6.45, 7) is 7.74. The third kappa shape index (κ3) is 6.59. The number of carbonyl (C=O) groups excluding carboxylic acids is 2. The smallest absolute Gasteiger partial charge is 0.317 e. The summed E-state index contributed by atoms with van der Waals surface area (Å²) in [5, 5.41) is 9.80. The highest BCUT2D eigenvalue weighted by molar-refractivity contribution is 5.84. The molecule has 0 radical (unpaired) electrons. The Hall–Kier alpha value is -2.36. The molecule has 5 N–H and O–H groups in total. The number of anilines is 1. The molecule has 1 aromatic rings.